The van der Waals surface area contributed by atoms with E-state index in [1.54, 1.807) is 0 Å². The van der Waals surface area contributed by atoms with Crippen molar-refractivity contribution >= 4 is 21.1 Å². The number of sulfonamides is 1. The Balaban J connectivity index is 1.82. The van der Waals surface area contributed by atoms with Crippen molar-refractivity contribution in [2.45, 2.75) is 17.9 Å². The Morgan fingerprint density at radius 3 is 2.72 bits per heavy atom. The zero-order valence-electron chi connectivity index (χ0n) is 13.8. The molecule has 0 aliphatic heterocycles. The van der Waals surface area contributed by atoms with Gasteiger partial charge in [-0.2, -0.15) is 0 Å². The fourth-order valence-corrected chi connectivity index (χ4v) is 3.69. The van der Waals surface area contributed by atoms with Crippen LogP contribution in [0.25, 0.3) is 11.1 Å². The molecule has 0 amide bonds. The van der Waals surface area contributed by atoms with Crippen LogP contribution >= 0.6 is 0 Å². The van der Waals surface area contributed by atoms with Gasteiger partial charge in [0.25, 0.3) is 0 Å². The number of fused-ring (bicyclic) bond motifs is 1. The number of oxazole rings is 1. The van der Waals surface area contributed by atoms with Crippen LogP contribution < -0.4 is 10.5 Å². The van der Waals surface area contributed by atoms with E-state index >= 15 is 0 Å². The highest BCUT2D eigenvalue weighted by atomic mass is 32.2. The molecule has 2 aromatic carbocycles. The van der Waals surface area contributed by atoms with Gasteiger partial charge in [-0.3, -0.25) is 4.98 Å². The molecule has 25 heavy (non-hydrogen) atoms. The number of aromatic nitrogens is 1. The van der Waals surface area contributed by atoms with Gasteiger partial charge in [0.05, 0.1) is 16.5 Å². The molecular weight excluding hydrogens is 344 g/mol. The minimum atomic E-state index is -3.76. The fourth-order valence-electron chi connectivity index (χ4n) is 2.64. The van der Waals surface area contributed by atoms with E-state index in [0.29, 0.717) is 11.1 Å². The van der Waals surface area contributed by atoms with Gasteiger partial charge < -0.3 is 9.15 Å². The minimum absolute atomic E-state index is 0.0386. The monoisotopic (exact) mass is 362 g/mol. The van der Waals surface area contributed by atoms with Gasteiger partial charge in [-0.15, -0.1) is 0 Å². The van der Waals surface area contributed by atoms with E-state index < -0.39 is 21.9 Å². The summed E-state index contributed by atoms with van der Waals surface area (Å²) in [4.78, 5) is 13.7. The molecule has 0 saturated heterocycles. The molecule has 1 unspecified atom stereocenters. The molecule has 1 aromatic heterocycles. The largest absolute Gasteiger partial charge is 0.417 e. The van der Waals surface area contributed by atoms with Gasteiger partial charge in [-0.25, -0.2) is 17.9 Å². The van der Waals surface area contributed by atoms with Gasteiger partial charge in [-0.1, -0.05) is 24.3 Å². The van der Waals surface area contributed by atoms with Crippen LogP contribution in [0.4, 0.5) is 0 Å². The molecule has 132 valence electrons. The maximum Gasteiger partial charge on any atom is 0.417 e. The topological polar surface area (TPSA) is 101 Å². The summed E-state index contributed by atoms with van der Waals surface area (Å²) < 4.78 is 37.9. The number of aromatic amines is 1. The smallest absolute Gasteiger partial charge is 0.408 e. The lowest BCUT2D eigenvalue weighted by molar-refractivity contribution is 0.107. The molecule has 0 aliphatic carbocycles. The van der Waals surface area contributed by atoms with Crippen LogP contribution in [0.1, 0.15) is 17.2 Å². The molecule has 0 saturated carbocycles. The van der Waals surface area contributed by atoms with Gasteiger partial charge in [-0.05, 0) is 36.2 Å². The van der Waals surface area contributed by atoms with Crippen LogP contribution in [-0.4, -0.2) is 27.1 Å². The van der Waals surface area contributed by atoms with Crippen LogP contribution in [0.15, 0.2) is 56.6 Å². The third-order valence-corrected chi connectivity index (χ3v) is 5.40. The Bertz CT molecular complexity index is 1050. The fraction of sp³-hybridized carbons (Fsp3) is 0.235. The number of methoxy groups -OCH3 is 1. The predicted octanol–water partition coefficient (Wildman–Crippen LogP) is 2.10. The number of H-pyrrole nitrogens is 1. The van der Waals surface area contributed by atoms with Crippen molar-refractivity contribution in [2.24, 2.45) is 0 Å². The Kier molecular flexibility index (Phi) is 4.76. The molecule has 1 atom stereocenters. The van der Waals surface area contributed by atoms with Crippen molar-refractivity contribution in [3.05, 3.63) is 64.1 Å². The van der Waals surface area contributed by atoms with Gasteiger partial charge in [0.1, 0.15) is 0 Å². The van der Waals surface area contributed by atoms with Crippen molar-refractivity contribution in [2.75, 3.05) is 13.7 Å². The van der Waals surface area contributed by atoms with Crippen molar-refractivity contribution < 1.29 is 17.6 Å². The summed E-state index contributed by atoms with van der Waals surface area (Å²) in [5.41, 5.74) is 2.57. The second-order valence-corrected chi connectivity index (χ2v) is 7.37. The number of rotatable bonds is 6. The number of benzene rings is 2. The van der Waals surface area contributed by atoms with E-state index in [0.717, 1.165) is 11.1 Å². The standard InChI is InChI=1S/C17H18N2O5S/c1-11-5-3-4-6-13(11)16(23-2)10-18-25(21,22)12-7-8-15-14(9-12)19-17(20)24-15/h3-9,16,18H,10H2,1-2H3,(H,19,20). The highest BCUT2D eigenvalue weighted by Crippen LogP contribution is 2.21. The number of hydrogen-bond acceptors (Lipinski definition) is 5. The Hall–Kier alpha value is -2.42. The lowest BCUT2D eigenvalue weighted by atomic mass is 10.0. The average Bonchev–Trinajstić information content (AvgIpc) is 2.96. The Morgan fingerprint density at radius 1 is 1.24 bits per heavy atom. The Morgan fingerprint density at radius 2 is 2.00 bits per heavy atom. The molecule has 7 nitrogen and oxygen atoms in total. The zero-order valence-corrected chi connectivity index (χ0v) is 14.6. The second-order valence-electron chi connectivity index (χ2n) is 5.61. The van der Waals surface area contributed by atoms with E-state index in [1.165, 1.54) is 25.3 Å². The SMILES string of the molecule is COC(CNS(=O)(=O)c1ccc2oc(=O)[nH]c2c1)c1ccccc1C. The summed E-state index contributed by atoms with van der Waals surface area (Å²) >= 11 is 0. The van der Waals surface area contributed by atoms with Crippen molar-refractivity contribution in [3.8, 4) is 0 Å². The first-order valence-electron chi connectivity index (χ1n) is 7.61. The highest BCUT2D eigenvalue weighted by molar-refractivity contribution is 7.89. The van der Waals surface area contributed by atoms with E-state index in [9.17, 15) is 13.2 Å². The summed E-state index contributed by atoms with van der Waals surface area (Å²) in [5.74, 6) is -0.628. The summed E-state index contributed by atoms with van der Waals surface area (Å²) in [7, 11) is -2.23. The summed E-state index contributed by atoms with van der Waals surface area (Å²) in [5, 5.41) is 0. The quantitative estimate of drug-likeness (QED) is 0.699. The second kappa shape index (κ2) is 6.83. The van der Waals surface area contributed by atoms with Crippen LogP contribution in [0.5, 0.6) is 0 Å². The molecule has 0 radical (unpaired) electrons. The third-order valence-electron chi connectivity index (χ3n) is 3.98. The average molecular weight is 362 g/mol. The van der Waals surface area contributed by atoms with Crippen LogP contribution in [0.3, 0.4) is 0 Å². The van der Waals surface area contributed by atoms with Gasteiger partial charge in [0, 0.05) is 13.7 Å². The molecule has 3 aromatic rings. The first-order chi connectivity index (χ1) is 11.9. The predicted molar refractivity (Wildman–Crippen MR) is 93.0 cm³/mol. The molecule has 2 N–H and O–H groups in total. The lowest BCUT2D eigenvalue weighted by Gasteiger charge is -2.18. The summed E-state index contributed by atoms with van der Waals surface area (Å²) in [6.07, 6.45) is -0.409. The zero-order chi connectivity index (χ0) is 18.0. The van der Waals surface area contributed by atoms with Crippen molar-refractivity contribution in [3.63, 3.8) is 0 Å². The van der Waals surface area contributed by atoms with E-state index in [4.69, 9.17) is 9.15 Å². The van der Waals surface area contributed by atoms with Gasteiger partial charge in [0.2, 0.25) is 10.0 Å². The highest BCUT2D eigenvalue weighted by Gasteiger charge is 2.20. The summed E-state index contributed by atoms with van der Waals surface area (Å²) in [6.45, 7) is 2.03. The molecule has 1 heterocycles. The van der Waals surface area contributed by atoms with E-state index in [1.807, 2.05) is 31.2 Å². The number of hydrogen-bond donors (Lipinski definition) is 2. The first kappa shape index (κ1) is 17.4. The number of aryl methyl sites for hydroxylation is 1. The normalized spacial score (nSPS) is 13.2. The lowest BCUT2D eigenvalue weighted by Crippen LogP contribution is -2.29. The van der Waals surface area contributed by atoms with Crippen LogP contribution in [0.2, 0.25) is 0 Å². The molecule has 8 heteroatoms. The van der Waals surface area contributed by atoms with Crippen molar-refractivity contribution in [1.29, 1.82) is 0 Å². The van der Waals surface area contributed by atoms with E-state index in [-0.39, 0.29) is 11.4 Å². The van der Waals surface area contributed by atoms with Crippen molar-refractivity contribution in [1.82, 2.24) is 9.71 Å². The maximum absolute atomic E-state index is 12.5. The van der Waals surface area contributed by atoms with Gasteiger partial charge >= 0.3 is 5.76 Å². The third kappa shape index (κ3) is 3.65. The molecule has 3 rings (SSSR count). The van der Waals surface area contributed by atoms with Crippen LogP contribution in [0, 0.1) is 6.92 Å². The first-order valence-corrected chi connectivity index (χ1v) is 9.10. The Labute approximate surface area is 144 Å². The van der Waals surface area contributed by atoms with Crippen LogP contribution in [-0.2, 0) is 14.8 Å². The number of ether oxygens (including phenoxy) is 1. The molecule has 0 spiro atoms. The summed E-state index contributed by atoms with van der Waals surface area (Å²) in [6, 6.07) is 11.8. The molecule has 0 aliphatic rings. The number of nitrogens with one attached hydrogen (secondary N) is 2. The van der Waals surface area contributed by atoms with Gasteiger partial charge in [0.15, 0.2) is 5.58 Å². The minimum Gasteiger partial charge on any atom is -0.408 e. The molecule has 0 bridgehead atoms. The molecular formula is C17H18N2O5S. The maximum atomic E-state index is 12.5. The van der Waals surface area contributed by atoms with E-state index in [2.05, 4.69) is 9.71 Å². The molecule has 0 fully saturated rings.